The molecule has 6 N–H and O–H groups in total. The predicted octanol–water partition coefficient (Wildman–Crippen LogP) is -11.2. The quantitative estimate of drug-likeness (QED) is 0.0461. The Balaban J connectivity index is -0.000000373. The number of carbonyl (C=O) groups excluding carboxylic acids is 2. The molecule has 0 spiro atoms. The summed E-state index contributed by atoms with van der Waals surface area (Å²) >= 11 is 0. The molecule has 0 unspecified atom stereocenters. The third-order valence-corrected chi connectivity index (χ3v) is 5.46. The number of hydrogen-bond donors (Lipinski definition) is 6. The third-order valence-electron chi connectivity index (χ3n) is 5.46. The van der Waals surface area contributed by atoms with Gasteiger partial charge in [0.1, 0.15) is 0 Å². The first-order valence-corrected chi connectivity index (χ1v) is 13.0. The van der Waals surface area contributed by atoms with E-state index in [1.807, 2.05) is 0 Å². The number of hydrogen-bond acceptors (Lipinski definition) is 14. The molecule has 0 fully saturated rings. The van der Waals surface area contributed by atoms with Gasteiger partial charge in [-0.3, -0.25) is 38.6 Å². The Morgan fingerprint density at radius 1 is 0.348 bits per heavy atom. The van der Waals surface area contributed by atoms with E-state index in [-0.39, 0.29) is 124 Å². The minimum atomic E-state index is -1.51. The molecule has 0 aromatic heterocycles. The standard InChI is InChI=1S/C14H24N2O8.C10H16N2O8.2Na/c17-11(18)1-5-15(6-2-12(19)20)9-10-16(7-3-13(21)22)8-4-14(23)24;13-7(14)3-11(4-8(15)16)1-2-12(5-9(17)18)6-10(19)20;;/h1-10H2,(H,17,18)(H,19,20)(H,21,22)(H,23,24);1-6H2,(H,13,14)(H,15,16)(H,17,18)(H,19,20);;/q;;2*+1/p-2. The molecule has 20 nitrogen and oxygen atoms in total. The molecule has 0 amide bonds. The van der Waals surface area contributed by atoms with E-state index in [0.717, 1.165) is 9.80 Å². The molecule has 0 heterocycles. The van der Waals surface area contributed by atoms with E-state index in [1.54, 1.807) is 9.80 Å². The Labute approximate surface area is 308 Å². The van der Waals surface area contributed by atoms with Crippen LogP contribution in [0.2, 0.25) is 0 Å². The van der Waals surface area contributed by atoms with Gasteiger partial charge in [0, 0.05) is 65.4 Å². The maximum absolute atomic E-state index is 10.7. The minimum Gasteiger partial charge on any atom is -0.549 e. The summed E-state index contributed by atoms with van der Waals surface area (Å²) in [6.07, 6.45) is -0.540. The molecular weight excluding hydrogens is 646 g/mol. The minimum absolute atomic E-state index is 0. The Morgan fingerprint density at radius 2 is 0.565 bits per heavy atom. The monoisotopic (exact) mass is 684 g/mol. The molecule has 0 aromatic rings. The van der Waals surface area contributed by atoms with Gasteiger partial charge in [-0.05, 0) is 0 Å². The van der Waals surface area contributed by atoms with Gasteiger partial charge in [0.25, 0.3) is 0 Å². The van der Waals surface area contributed by atoms with Crippen LogP contribution in [0.3, 0.4) is 0 Å². The fourth-order valence-corrected chi connectivity index (χ4v) is 3.43. The van der Waals surface area contributed by atoms with Crippen molar-refractivity contribution in [1.82, 2.24) is 19.6 Å². The number of rotatable bonds is 26. The average molecular weight is 685 g/mol. The van der Waals surface area contributed by atoms with Crippen molar-refractivity contribution < 1.29 is 138 Å². The topological polar surface area (TPSA) is 317 Å². The van der Waals surface area contributed by atoms with Crippen LogP contribution < -0.4 is 69.3 Å². The van der Waals surface area contributed by atoms with Gasteiger partial charge in [0.15, 0.2) is 0 Å². The van der Waals surface area contributed by atoms with Crippen molar-refractivity contribution in [3.63, 3.8) is 0 Å². The summed E-state index contributed by atoms with van der Waals surface area (Å²) in [4.78, 5) is 89.8. The zero-order valence-corrected chi connectivity index (χ0v) is 29.9. The molecule has 0 aliphatic heterocycles. The van der Waals surface area contributed by atoms with Gasteiger partial charge in [-0.25, -0.2) is 0 Å². The van der Waals surface area contributed by atoms with E-state index in [4.69, 9.17) is 30.6 Å². The van der Waals surface area contributed by atoms with Crippen LogP contribution >= 0.6 is 0 Å². The molecule has 0 saturated heterocycles. The Bertz CT molecular complexity index is 844. The molecule has 0 atom stereocenters. The summed E-state index contributed by atoms with van der Waals surface area (Å²) in [7, 11) is 0. The fraction of sp³-hybridized carbons (Fsp3) is 0.667. The Morgan fingerprint density at radius 3 is 0.761 bits per heavy atom. The maximum atomic E-state index is 10.7. The first-order chi connectivity index (χ1) is 20.4. The first kappa shape index (κ1) is 50.5. The second-order valence-electron chi connectivity index (χ2n) is 9.21. The summed E-state index contributed by atoms with van der Waals surface area (Å²) < 4.78 is 0. The molecule has 0 bridgehead atoms. The molecule has 22 heteroatoms. The second-order valence-corrected chi connectivity index (χ2v) is 9.21. The van der Waals surface area contributed by atoms with E-state index in [2.05, 4.69) is 0 Å². The van der Waals surface area contributed by atoms with Crippen molar-refractivity contribution in [3.8, 4) is 0 Å². The third kappa shape index (κ3) is 36.1. The first-order valence-electron chi connectivity index (χ1n) is 13.0. The Hall–Kier alpha value is -2.40. The number of carboxylic acids is 8. The van der Waals surface area contributed by atoms with Crippen molar-refractivity contribution >= 4 is 47.8 Å². The van der Waals surface area contributed by atoms with E-state index in [1.165, 1.54) is 0 Å². The van der Waals surface area contributed by atoms with Crippen LogP contribution in [0.4, 0.5) is 0 Å². The van der Waals surface area contributed by atoms with Crippen LogP contribution in [0.5, 0.6) is 0 Å². The van der Waals surface area contributed by atoms with Crippen molar-refractivity contribution in [2.75, 3.05) is 78.5 Å². The molecule has 0 aliphatic rings. The number of nitrogens with zero attached hydrogens (tertiary/aromatic N) is 4. The van der Waals surface area contributed by atoms with Gasteiger partial charge in [-0.15, -0.1) is 0 Å². The molecular formula is C24H38N4Na2O16. The fourth-order valence-electron chi connectivity index (χ4n) is 3.43. The maximum Gasteiger partial charge on any atom is 1.00 e. The van der Waals surface area contributed by atoms with Crippen molar-refractivity contribution in [2.24, 2.45) is 0 Å². The number of carbonyl (C=O) groups is 8. The van der Waals surface area contributed by atoms with E-state index in [9.17, 15) is 48.6 Å². The molecule has 252 valence electrons. The van der Waals surface area contributed by atoms with Crippen LogP contribution in [0.25, 0.3) is 0 Å². The summed E-state index contributed by atoms with van der Waals surface area (Å²) in [5, 5.41) is 72.9. The summed E-state index contributed by atoms with van der Waals surface area (Å²) in [5.41, 5.74) is 0. The van der Waals surface area contributed by atoms with E-state index >= 15 is 0 Å². The van der Waals surface area contributed by atoms with Crippen LogP contribution in [0.15, 0.2) is 0 Å². The molecule has 0 radical (unpaired) electrons. The molecule has 0 aromatic carbocycles. The summed E-state index contributed by atoms with van der Waals surface area (Å²) in [6, 6.07) is 0. The van der Waals surface area contributed by atoms with Gasteiger partial charge in [-0.2, -0.15) is 0 Å². The Kier molecular flexibility index (Phi) is 32.9. The van der Waals surface area contributed by atoms with Crippen molar-refractivity contribution in [3.05, 3.63) is 0 Å². The van der Waals surface area contributed by atoms with E-state index in [0.29, 0.717) is 13.1 Å². The van der Waals surface area contributed by atoms with Gasteiger partial charge in [-0.1, -0.05) is 0 Å². The predicted molar refractivity (Wildman–Crippen MR) is 140 cm³/mol. The molecule has 0 saturated carbocycles. The second kappa shape index (κ2) is 30.0. The van der Waals surface area contributed by atoms with Crippen LogP contribution in [-0.4, -0.2) is 177 Å². The molecule has 0 aliphatic carbocycles. The van der Waals surface area contributed by atoms with Crippen LogP contribution in [0.1, 0.15) is 25.7 Å². The normalized spacial score (nSPS) is 10.3. The number of aliphatic carboxylic acids is 8. The average Bonchev–Trinajstić information content (AvgIpc) is 2.86. The van der Waals surface area contributed by atoms with Crippen molar-refractivity contribution in [2.45, 2.75) is 25.7 Å². The molecule has 0 rings (SSSR count). The summed E-state index contributed by atoms with van der Waals surface area (Å²) in [5.74, 6) is -9.50. The summed E-state index contributed by atoms with van der Waals surface area (Å²) in [6.45, 7) is -1.38. The van der Waals surface area contributed by atoms with Crippen molar-refractivity contribution in [1.29, 1.82) is 0 Å². The zero-order valence-electron chi connectivity index (χ0n) is 25.9. The van der Waals surface area contributed by atoms with Gasteiger partial charge in [0.2, 0.25) is 0 Å². The number of carboxylic acid groups (broad SMARTS) is 8. The van der Waals surface area contributed by atoms with Crippen LogP contribution in [0, 0.1) is 0 Å². The smallest absolute Gasteiger partial charge is 0.549 e. The van der Waals surface area contributed by atoms with Gasteiger partial charge in [0.05, 0.1) is 50.7 Å². The SMILES string of the molecule is O=C(O)CCN(CCC(=O)O)CCN(CCC(=O)O)CCC(=O)O.O=C([O-])CN(CCN(CC(=O)O)CC(=O)O)CC(=O)[O-].[Na+].[Na+]. The van der Waals surface area contributed by atoms with Gasteiger partial charge < -0.3 is 60.2 Å². The van der Waals surface area contributed by atoms with Crippen LogP contribution in [-0.2, 0) is 38.4 Å². The largest absolute Gasteiger partial charge is 1.00 e. The van der Waals surface area contributed by atoms with E-state index < -0.39 is 73.9 Å². The zero-order chi connectivity index (χ0) is 34.2. The van der Waals surface area contributed by atoms with Gasteiger partial charge >= 0.3 is 94.9 Å². The molecule has 46 heavy (non-hydrogen) atoms.